The van der Waals surface area contributed by atoms with Crippen LogP contribution in [-0.4, -0.2) is 51.8 Å². The zero-order chi connectivity index (χ0) is 3.41. The van der Waals surface area contributed by atoms with Crippen LogP contribution in [0.5, 0.6) is 0 Å². The van der Waals surface area contributed by atoms with Crippen molar-refractivity contribution < 1.29 is 6.22 Å². The Morgan fingerprint density at radius 1 is 2.00 bits per heavy atom. The van der Waals surface area contributed by atoms with Gasteiger partial charge in [-0.25, -0.2) is 0 Å². The van der Waals surface area contributed by atoms with E-state index in [0.717, 1.165) is 0 Å². The van der Waals surface area contributed by atoms with Gasteiger partial charge in [-0.1, -0.05) is 6.92 Å². The first-order chi connectivity index (χ1) is 1.91. The van der Waals surface area contributed by atoms with Gasteiger partial charge in [-0.2, -0.15) is 6.42 Å². The Morgan fingerprint density at radius 2 is 2.20 bits per heavy atom. The van der Waals surface area contributed by atoms with Crippen molar-refractivity contribution in [2.45, 2.75) is 13.3 Å². The molecule has 0 aliphatic carbocycles. The smallest absolute Gasteiger partial charge is 1.00 e. The molecule has 0 unspecified atom stereocenters. The molecular formula is C3H6OSr. The van der Waals surface area contributed by atoms with Gasteiger partial charge in [0.1, 0.15) is 0 Å². The Hall–Kier alpha value is 1.15. The van der Waals surface area contributed by atoms with E-state index in [1.807, 2.05) is 0 Å². The fourth-order valence-electron chi connectivity index (χ4n) is 0. The average molecular weight is 146 g/mol. The molecule has 0 bridgehead atoms. The number of rotatable bonds is 1. The zero-order valence-corrected chi connectivity index (χ0v) is 6.80. The van der Waals surface area contributed by atoms with Gasteiger partial charge >= 0.3 is 45.5 Å². The third-order valence-electron chi connectivity index (χ3n) is 0.144. The zero-order valence-electron chi connectivity index (χ0n) is 4.32. The summed E-state index contributed by atoms with van der Waals surface area (Å²) >= 11 is 0. The minimum Gasteiger partial charge on any atom is -1.00 e. The van der Waals surface area contributed by atoms with Crippen molar-refractivity contribution in [3.63, 3.8) is 0 Å². The summed E-state index contributed by atoms with van der Waals surface area (Å²) in [5.74, 6) is 0. The van der Waals surface area contributed by atoms with Crippen LogP contribution >= 0.6 is 0 Å². The second-order valence-electron chi connectivity index (χ2n) is 0.498. The average Bonchev–Trinajstić information content (AvgIpc) is 1.37. The summed E-state index contributed by atoms with van der Waals surface area (Å²) in [7, 11) is 0. The maximum absolute atomic E-state index is 9.05. The summed E-state index contributed by atoms with van der Waals surface area (Å²) in [6.07, 6.45) is 2.19. The standard InChI is InChI=1S/C3H5O.Sr.H/c1-2-3-4;;/h2H2,1H3;;/q-1;+2;-1. The molecule has 0 aliphatic rings. The molecule has 0 amide bonds. The van der Waals surface area contributed by atoms with Crippen LogP contribution in [-0.2, 0) is 4.79 Å². The van der Waals surface area contributed by atoms with E-state index in [1.54, 1.807) is 13.2 Å². The molecule has 0 aromatic heterocycles. The van der Waals surface area contributed by atoms with Crippen LogP contribution in [0.25, 0.3) is 0 Å². The van der Waals surface area contributed by atoms with Gasteiger partial charge < -0.3 is 6.22 Å². The van der Waals surface area contributed by atoms with Gasteiger partial charge in [0.05, 0.1) is 0 Å². The third kappa shape index (κ3) is 11.1. The second kappa shape index (κ2) is 8.94. The Kier molecular flexibility index (Phi) is 16.9. The van der Waals surface area contributed by atoms with Crippen LogP contribution < -0.4 is 0 Å². The Balaban J connectivity index is -0.0000000450. The van der Waals surface area contributed by atoms with Crippen molar-refractivity contribution in [2.24, 2.45) is 0 Å². The van der Waals surface area contributed by atoms with Crippen LogP contribution in [0.2, 0.25) is 0 Å². The van der Waals surface area contributed by atoms with Crippen molar-refractivity contribution in [1.29, 1.82) is 0 Å². The SMILES string of the molecule is CC[C-]=O.[H-].[Sr+2]. The van der Waals surface area contributed by atoms with Crippen molar-refractivity contribution >= 4 is 51.8 Å². The van der Waals surface area contributed by atoms with Gasteiger partial charge in [0, 0.05) is 0 Å². The Morgan fingerprint density at radius 3 is 2.20 bits per heavy atom. The molecule has 1 nitrogen and oxygen atoms in total. The van der Waals surface area contributed by atoms with Crippen LogP contribution in [0.15, 0.2) is 0 Å². The van der Waals surface area contributed by atoms with Crippen molar-refractivity contribution in [2.75, 3.05) is 0 Å². The predicted molar refractivity (Wildman–Crippen MR) is 22.9 cm³/mol. The van der Waals surface area contributed by atoms with E-state index >= 15 is 0 Å². The summed E-state index contributed by atoms with van der Waals surface area (Å²) in [5.41, 5.74) is 0. The largest absolute Gasteiger partial charge is 2.00 e. The maximum atomic E-state index is 9.05. The van der Waals surface area contributed by atoms with E-state index in [2.05, 4.69) is 0 Å². The molecular weight excluding hydrogens is 140 g/mol. The molecule has 0 saturated heterocycles. The van der Waals surface area contributed by atoms with E-state index in [0.29, 0.717) is 6.42 Å². The van der Waals surface area contributed by atoms with Gasteiger partial charge in [0.2, 0.25) is 0 Å². The molecule has 0 fully saturated rings. The fourth-order valence-corrected chi connectivity index (χ4v) is 0. The van der Waals surface area contributed by atoms with Crippen molar-refractivity contribution in [3.05, 3.63) is 0 Å². The summed E-state index contributed by atoms with van der Waals surface area (Å²) in [6, 6.07) is 0. The quantitative estimate of drug-likeness (QED) is 0.382. The van der Waals surface area contributed by atoms with E-state index in [4.69, 9.17) is 4.79 Å². The van der Waals surface area contributed by atoms with E-state index < -0.39 is 0 Å². The predicted octanol–water partition coefficient (Wildman–Crippen LogP) is 0.238. The maximum Gasteiger partial charge on any atom is 2.00 e. The Bertz CT molecular complexity index is 24.8. The molecule has 0 rings (SSSR count). The third-order valence-corrected chi connectivity index (χ3v) is 0.144. The van der Waals surface area contributed by atoms with Crippen molar-refractivity contribution in [3.8, 4) is 0 Å². The summed E-state index contributed by atoms with van der Waals surface area (Å²) in [6.45, 7) is 1.76. The minimum absolute atomic E-state index is 0. The Labute approximate surface area is 70.5 Å². The first-order valence-corrected chi connectivity index (χ1v) is 1.26. The van der Waals surface area contributed by atoms with Gasteiger partial charge in [-0.15, -0.1) is 0 Å². The van der Waals surface area contributed by atoms with Gasteiger partial charge in [0.25, 0.3) is 0 Å². The van der Waals surface area contributed by atoms with E-state index in [1.165, 1.54) is 0 Å². The number of carbonyl (C=O) groups excluding carboxylic acids is 1. The second-order valence-corrected chi connectivity index (χ2v) is 0.498. The van der Waals surface area contributed by atoms with Crippen LogP contribution in [0.1, 0.15) is 14.8 Å². The molecule has 0 aromatic rings. The molecule has 26 valence electrons. The molecule has 0 aromatic carbocycles. The van der Waals surface area contributed by atoms with Gasteiger partial charge in [-0.3, -0.25) is 6.29 Å². The molecule has 0 radical (unpaired) electrons. The first-order valence-electron chi connectivity index (χ1n) is 1.26. The van der Waals surface area contributed by atoms with Gasteiger partial charge in [0.15, 0.2) is 0 Å². The summed E-state index contributed by atoms with van der Waals surface area (Å²) in [4.78, 5) is 9.05. The topological polar surface area (TPSA) is 17.1 Å². The number of hydrogen-bond acceptors (Lipinski definition) is 1. The molecule has 0 spiro atoms. The summed E-state index contributed by atoms with van der Waals surface area (Å²) < 4.78 is 0. The number of hydrogen-bond donors (Lipinski definition) is 0. The molecule has 2 heteroatoms. The normalized spacial score (nSPS) is 5.00. The van der Waals surface area contributed by atoms with E-state index in [9.17, 15) is 0 Å². The monoisotopic (exact) mass is 146 g/mol. The molecule has 0 aliphatic heterocycles. The molecule has 5 heavy (non-hydrogen) atoms. The molecule has 0 heterocycles. The minimum atomic E-state index is 0. The van der Waals surface area contributed by atoms with Crippen LogP contribution in [0.4, 0.5) is 0 Å². The molecule has 0 atom stereocenters. The fraction of sp³-hybridized carbons (Fsp3) is 0.667. The van der Waals surface area contributed by atoms with Gasteiger partial charge in [-0.05, 0) is 0 Å². The van der Waals surface area contributed by atoms with E-state index in [-0.39, 0.29) is 46.9 Å². The molecule has 0 N–H and O–H groups in total. The molecule has 0 saturated carbocycles. The van der Waals surface area contributed by atoms with Crippen molar-refractivity contribution in [1.82, 2.24) is 0 Å². The summed E-state index contributed by atoms with van der Waals surface area (Å²) in [5, 5.41) is 0. The first kappa shape index (κ1) is 9.47. The van der Waals surface area contributed by atoms with Crippen LogP contribution in [0.3, 0.4) is 0 Å². The van der Waals surface area contributed by atoms with Crippen LogP contribution in [0, 0.1) is 0 Å².